The van der Waals surface area contributed by atoms with Gasteiger partial charge in [0, 0.05) is 6.54 Å². The van der Waals surface area contributed by atoms with E-state index in [4.69, 9.17) is 4.74 Å². The van der Waals surface area contributed by atoms with Crippen molar-refractivity contribution in [3.63, 3.8) is 0 Å². The molecule has 2 N–H and O–H groups in total. The summed E-state index contributed by atoms with van der Waals surface area (Å²) in [5.41, 5.74) is 1.15. The van der Waals surface area contributed by atoms with Crippen LogP contribution in [0.15, 0.2) is 24.3 Å². The second-order valence-electron chi connectivity index (χ2n) is 4.47. The summed E-state index contributed by atoms with van der Waals surface area (Å²) in [6, 6.07) is 7.04. The van der Waals surface area contributed by atoms with E-state index >= 15 is 0 Å². The Labute approximate surface area is 119 Å². The van der Waals surface area contributed by atoms with Gasteiger partial charge in [0.2, 0.25) is 5.91 Å². The molecule has 0 aliphatic rings. The first-order valence-corrected chi connectivity index (χ1v) is 6.85. The molecule has 0 heterocycles. The lowest BCUT2D eigenvalue weighted by Crippen LogP contribution is -2.46. The molecule has 1 aromatic carbocycles. The normalized spacial score (nSPS) is 11.6. The van der Waals surface area contributed by atoms with Gasteiger partial charge in [0.05, 0.1) is 0 Å². The average Bonchev–Trinajstić information content (AvgIpc) is 2.45. The molecule has 2 amide bonds. The first kappa shape index (κ1) is 16.0. The Kier molecular flexibility index (Phi) is 6.56. The van der Waals surface area contributed by atoms with Crippen molar-refractivity contribution in [3.05, 3.63) is 29.8 Å². The van der Waals surface area contributed by atoms with Gasteiger partial charge < -0.3 is 15.4 Å². The zero-order valence-electron chi connectivity index (χ0n) is 12.2. The van der Waals surface area contributed by atoms with E-state index in [9.17, 15) is 9.59 Å². The smallest absolute Gasteiger partial charge is 0.258 e. The maximum absolute atomic E-state index is 11.7. The predicted octanol–water partition coefficient (Wildman–Crippen LogP) is 1.27. The maximum Gasteiger partial charge on any atom is 0.258 e. The van der Waals surface area contributed by atoms with Crippen molar-refractivity contribution in [1.29, 1.82) is 0 Å². The fraction of sp³-hybridized carbons (Fsp3) is 0.467. The van der Waals surface area contributed by atoms with Gasteiger partial charge in [-0.15, -0.1) is 0 Å². The molecule has 20 heavy (non-hydrogen) atoms. The van der Waals surface area contributed by atoms with Crippen LogP contribution >= 0.6 is 0 Å². The van der Waals surface area contributed by atoms with E-state index in [0.29, 0.717) is 12.3 Å². The highest BCUT2D eigenvalue weighted by atomic mass is 16.5. The standard InChI is InChI=1S/C15H22N2O3/c1-4-12-7-6-8-13(9-12)20-10-14(18)17-11(3)15(19)16-5-2/h6-9,11H,4-5,10H2,1-3H3,(H,16,19)(H,17,18)/t11-/m0/s1. The molecule has 0 radical (unpaired) electrons. The number of nitrogens with one attached hydrogen (secondary N) is 2. The fourth-order valence-electron chi connectivity index (χ4n) is 1.68. The molecule has 1 atom stereocenters. The van der Waals surface area contributed by atoms with Crippen LogP contribution in [0.2, 0.25) is 0 Å². The van der Waals surface area contributed by atoms with Crippen molar-refractivity contribution in [3.8, 4) is 5.75 Å². The number of rotatable bonds is 7. The summed E-state index contributed by atoms with van der Waals surface area (Å²) in [7, 11) is 0. The molecule has 0 spiro atoms. The highest BCUT2D eigenvalue weighted by Crippen LogP contribution is 2.13. The first-order valence-electron chi connectivity index (χ1n) is 6.85. The molecule has 1 rings (SSSR count). The zero-order valence-corrected chi connectivity index (χ0v) is 12.2. The van der Waals surface area contributed by atoms with E-state index in [1.165, 1.54) is 0 Å². The van der Waals surface area contributed by atoms with Crippen LogP contribution < -0.4 is 15.4 Å². The summed E-state index contributed by atoms with van der Waals surface area (Å²) in [6.07, 6.45) is 0.914. The Morgan fingerprint density at radius 1 is 1.30 bits per heavy atom. The monoisotopic (exact) mass is 278 g/mol. The molecular formula is C15H22N2O3. The van der Waals surface area contributed by atoms with Crippen LogP contribution in [-0.4, -0.2) is 31.0 Å². The van der Waals surface area contributed by atoms with Crippen LogP contribution in [0, 0.1) is 0 Å². The van der Waals surface area contributed by atoms with E-state index in [-0.39, 0.29) is 18.4 Å². The number of ether oxygens (including phenoxy) is 1. The highest BCUT2D eigenvalue weighted by Gasteiger charge is 2.14. The lowest BCUT2D eigenvalue weighted by molar-refractivity contribution is -0.129. The van der Waals surface area contributed by atoms with Crippen LogP contribution in [0.4, 0.5) is 0 Å². The molecule has 1 aromatic rings. The third kappa shape index (κ3) is 5.30. The maximum atomic E-state index is 11.7. The third-order valence-electron chi connectivity index (χ3n) is 2.80. The van der Waals surface area contributed by atoms with E-state index in [1.54, 1.807) is 13.0 Å². The molecule has 0 aromatic heterocycles. The van der Waals surface area contributed by atoms with Crippen molar-refractivity contribution in [2.45, 2.75) is 33.2 Å². The Hall–Kier alpha value is -2.04. The Bertz CT molecular complexity index is 460. The molecule has 0 saturated heterocycles. The van der Waals surface area contributed by atoms with Gasteiger partial charge in [-0.1, -0.05) is 19.1 Å². The largest absolute Gasteiger partial charge is 0.484 e. The van der Waals surface area contributed by atoms with Crippen LogP contribution in [-0.2, 0) is 16.0 Å². The number of carbonyl (C=O) groups is 2. The van der Waals surface area contributed by atoms with Crippen molar-refractivity contribution >= 4 is 11.8 Å². The number of benzene rings is 1. The highest BCUT2D eigenvalue weighted by molar-refractivity contribution is 5.87. The van der Waals surface area contributed by atoms with Gasteiger partial charge in [0.15, 0.2) is 6.61 Å². The van der Waals surface area contributed by atoms with Crippen molar-refractivity contribution in [1.82, 2.24) is 10.6 Å². The Morgan fingerprint density at radius 3 is 2.70 bits per heavy atom. The van der Waals surface area contributed by atoms with E-state index in [0.717, 1.165) is 12.0 Å². The minimum absolute atomic E-state index is 0.100. The van der Waals surface area contributed by atoms with Gasteiger partial charge >= 0.3 is 0 Å². The molecule has 0 fully saturated rings. The molecule has 0 unspecified atom stereocenters. The van der Waals surface area contributed by atoms with Gasteiger partial charge in [-0.2, -0.15) is 0 Å². The van der Waals surface area contributed by atoms with Crippen molar-refractivity contribution in [2.24, 2.45) is 0 Å². The van der Waals surface area contributed by atoms with Crippen LogP contribution in [0.1, 0.15) is 26.3 Å². The Morgan fingerprint density at radius 2 is 2.05 bits per heavy atom. The number of aryl methyl sites for hydroxylation is 1. The molecule has 5 heteroatoms. The first-order chi connectivity index (χ1) is 9.56. The molecule has 110 valence electrons. The summed E-state index contributed by atoms with van der Waals surface area (Å²) in [5.74, 6) is 0.143. The lowest BCUT2D eigenvalue weighted by atomic mass is 10.2. The van der Waals surface area contributed by atoms with E-state index < -0.39 is 6.04 Å². The fourth-order valence-corrected chi connectivity index (χ4v) is 1.68. The zero-order chi connectivity index (χ0) is 15.0. The summed E-state index contributed by atoms with van der Waals surface area (Å²) >= 11 is 0. The third-order valence-corrected chi connectivity index (χ3v) is 2.80. The number of hydrogen-bond donors (Lipinski definition) is 2. The Balaban J connectivity index is 2.41. The topological polar surface area (TPSA) is 67.4 Å². The summed E-state index contributed by atoms with van der Waals surface area (Å²) in [6.45, 7) is 5.97. The molecule has 0 aliphatic carbocycles. The number of hydrogen-bond acceptors (Lipinski definition) is 3. The second-order valence-corrected chi connectivity index (χ2v) is 4.47. The lowest BCUT2D eigenvalue weighted by Gasteiger charge is -2.13. The van der Waals surface area contributed by atoms with Crippen molar-refractivity contribution < 1.29 is 14.3 Å². The number of carbonyl (C=O) groups excluding carboxylic acids is 2. The predicted molar refractivity (Wildman–Crippen MR) is 77.6 cm³/mol. The van der Waals surface area contributed by atoms with Crippen LogP contribution in [0.3, 0.4) is 0 Å². The van der Waals surface area contributed by atoms with Gasteiger partial charge in [-0.05, 0) is 38.0 Å². The SMILES string of the molecule is CCNC(=O)[C@H](C)NC(=O)COc1cccc(CC)c1. The van der Waals surface area contributed by atoms with Gasteiger partial charge in [-0.3, -0.25) is 9.59 Å². The molecular weight excluding hydrogens is 256 g/mol. The van der Waals surface area contributed by atoms with E-state index in [2.05, 4.69) is 17.6 Å². The van der Waals surface area contributed by atoms with Gasteiger partial charge in [0.1, 0.15) is 11.8 Å². The minimum atomic E-state index is -0.562. The van der Waals surface area contributed by atoms with Gasteiger partial charge in [-0.25, -0.2) is 0 Å². The summed E-state index contributed by atoms with van der Waals surface area (Å²) in [4.78, 5) is 23.1. The minimum Gasteiger partial charge on any atom is -0.484 e. The van der Waals surface area contributed by atoms with Crippen molar-refractivity contribution in [2.75, 3.05) is 13.2 Å². The summed E-state index contributed by atoms with van der Waals surface area (Å²) < 4.78 is 5.41. The van der Waals surface area contributed by atoms with E-state index in [1.807, 2.05) is 25.1 Å². The van der Waals surface area contributed by atoms with Gasteiger partial charge in [0.25, 0.3) is 5.91 Å². The molecule has 0 aliphatic heterocycles. The molecule has 5 nitrogen and oxygen atoms in total. The molecule has 0 saturated carbocycles. The second kappa shape index (κ2) is 8.19. The number of amides is 2. The summed E-state index contributed by atoms with van der Waals surface area (Å²) in [5, 5.41) is 5.23. The molecule has 0 bridgehead atoms. The number of likely N-dealkylation sites (N-methyl/N-ethyl adjacent to an activating group) is 1. The quantitative estimate of drug-likeness (QED) is 0.789. The van der Waals surface area contributed by atoms with Crippen LogP contribution in [0.5, 0.6) is 5.75 Å². The van der Waals surface area contributed by atoms with Crippen LogP contribution in [0.25, 0.3) is 0 Å². The average molecular weight is 278 g/mol.